The third kappa shape index (κ3) is 2.22. The number of nitriles is 1. The molecule has 4 heteroatoms. The molecule has 3 rings (SSSR count). The summed E-state index contributed by atoms with van der Waals surface area (Å²) in [6, 6.07) is 15.4. The zero-order chi connectivity index (χ0) is 13.1. The van der Waals surface area contributed by atoms with Crippen molar-refractivity contribution < 1.29 is 0 Å². The van der Waals surface area contributed by atoms with E-state index in [1.807, 2.05) is 42.5 Å². The summed E-state index contributed by atoms with van der Waals surface area (Å²) in [5.41, 5.74) is 3.02. The molecule has 0 unspecified atom stereocenters. The number of nitrogens with one attached hydrogen (secondary N) is 1. The molecule has 0 aliphatic rings. The minimum absolute atomic E-state index is 0.387. The number of hydrogen-bond acceptors (Lipinski definition) is 4. The Morgan fingerprint density at radius 2 is 1.89 bits per heavy atom. The molecule has 19 heavy (non-hydrogen) atoms. The molecule has 2 heterocycles. The molecular formula is C15H10N4. The van der Waals surface area contributed by atoms with E-state index in [2.05, 4.69) is 15.3 Å². The maximum atomic E-state index is 8.85. The second kappa shape index (κ2) is 4.75. The Hall–Kier alpha value is -2.93. The van der Waals surface area contributed by atoms with Crippen LogP contribution < -0.4 is 5.32 Å². The summed E-state index contributed by atoms with van der Waals surface area (Å²) in [5, 5.41) is 13.2. The van der Waals surface area contributed by atoms with Gasteiger partial charge in [0.15, 0.2) is 0 Å². The van der Waals surface area contributed by atoms with Crippen LogP contribution in [0.25, 0.3) is 10.9 Å². The number of pyridine rings is 2. The van der Waals surface area contributed by atoms with Gasteiger partial charge >= 0.3 is 0 Å². The van der Waals surface area contributed by atoms with Crippen LogP contribution in [0.3, 0.4) is 0 Å². The first-order valence-electron chi connectivity index (χ1n) is 5.84. The third-order valence-corrected chi connectivity index (χ3v) is 2.79. The van der Waals surface area contributed by atoms with Crippen molar-refractivity contribution in [2.45, 2.75) is 0 Å². The van der Waals surface area contributed by atoms with Crippen LogP contribution in [-0.2, 0) is 0 Å². The number of para-hydroxylation sites is 1. The average Bonchev–Trinajstić information content (AvgIpc) is 2.48. The number of benzene rings is 1. The molecule has 2 aromatic heterocycles. The normalized spacial score (nSPS) is 10.1. The van der Waals surface area contributed by atoms with Crippen molar-refractivity contribution in [1.82, 2.24) is 9.97 Å². The molecule has 90 valence electrons. The zero-order valence-corrected chi connectivity index (χ0v) is 10.0. The molecule has 0 fully saturated rings. The quantitative estimate of drug-likeness (QED) is 0.754. The van der Waals surface area contributed by atoms with Crippen molar-refractivity contribution in [3.05, 3.63) is 60.6 Å². The average molecular weight is 246 g/mol. The maximum Gasteiger partial charge on any atom is 0.142 e. The van der Waals surface area contributed by atoms with Crippen molar-refractivity contribution in [3.63, 3.8) is 0 Å². The van der Waals surface area contributed by atoms with Gasteiger partial charge in [-0.25, -0.2) is 4.98 Å². The molecule has 0 saturated carbocycles. The zero-order valence-electron chi connectivity index (χ0n) is 10.0. The Labute approximate surface area is 110 Å². The van der Waals surface area contributed by atoms with E-state index < -0.39 is 0 Å². The summed E-state index contributed by atoms with van der Waals surface area (Å²) >= 11 is 0. The van der Waals surface area contributed by atoms with Crippen molar-refractivity contribution in [2.75, 3.05) is 5.32 Å². The van der Waals surface area contributed by atoms with Crippen molar-refractivity contribution >= 4 is 22.3 Å². The van der Waals surface area contributed by atoms with Crippen molar-refractivity contribution in [2.24, 2.45) is 0 Å². The van der Waals surface area contributed by atoms with Gasteiger partial charge in [-0.05, 0) is 24.3 Å². The Morgan fingerprint density at radius 3 is 2.79 bits per heavy atom. The first kappa shape index (κ1) is 11.2. The molecule has 0 spiro atoms. The summed E-state index contributed by atoms with van der Waals surface area (Å²) < 4.78 is 0. The molecule has 0 aliphatic heterocycles. The fourth-order valence-corrected chi connectivity index (χ4v) is 1.93. The lowest BCUT2D eigenvalue weighted by Crippen LogP contribution is -1.94. The second-order valence-corrected chi connectivity index (χ2v) is 4.05. The summed E-state index contributed by atoms with van der Waals surface area (Å²) in [6.45, 7) is 0. The summed E-state index contributed by atoms with van der Waals surface area (Å²) in [7, 11) is 0. The summed E-state index contributed by atoms with van der Waals surface area (Å²) in [6.07, 6.45) is 3.38. The number of aromatic nitrogens is 2. The predicted molar refractivity (Wildman–Crippen MR) is 74.0 cm³/mol. The largest absolute Gasteiger partial charge is 0.354 e. The second-order valence-electron chi connectivity index (χ2n) is 4.05. The van der Waals surface area contributed by atoms with E-state index in [4.69, 9.17) is 5.26 Å². The predicted octanol–water partition coefficient (Wildman–Crippen LogP) is 3.25. The SMILES string of the molecule is N#Cc1cc(Nc2cccc3cccnc23)ccn1. The lowest BCUT2D eigenvalue weighted by Gasteiger charge is -2.08. The lowest BCUT2D eigenvalue weighted by molar-refractivity contribution is 1.26. The molecular weight excluding hydrogens is 236 g/mol. The van der Waals surface area contributed by atoms with Crippen LogP contribution in [0.15, 0.2) is 54.9 Å². The van der Waals surface area contributed by atoms with E-state index in [1.54, 1.807) is 18.5 Å². The number of hydrogen-bond donors (Lipinski definition) is 1. The molecule has 0 bridgehead atoms. The van der Waals surface area contributed by atoms with E-state index in [0.29, 0.717) is 5.69 Å². The highest BCUT2D eigenvalue weighted by Crippen LogP contribution is 2.24. The lowest BCUT2D eigenvalue weighted by atomic mass is 10.2. The molecule has 0 radical (unpaired) electrons. The highest BCUT2D eigenvalue weighted by Gasteiger charge is 2.02. The number of fused-ring (bicyclic) bond motifs is 1. The molecule has 0 saturated heterocycles. The maximum absolute atomic E-state index is 8.85. The van der Waals surface area contributed by atoms with E-state index in [0.717, 1.165) is 22.3 Å². The topological polar surface area (TPSA) is 61.6 Å². The number of rotatable bonds is 2. The van der Waals surface area contributed by atoms with Gasteiger partial charge in [-0.1, -0.05) is 18.2 Å². The van der Waals surface area contributed by atoms with Crippen LogP contribution in [0.2, 0.25) is 0 Å². The minimum atomic E-state index is 0.387. The van der Waals surface area contributed by atoms with Gasteiger partial charge in [-0.3, -0.25) is 4.98 Å². The Morgan fingerprint density at radius 1 is 1.00 bits per heavy atom. The van der Waals surface area contributed by atoms with Gasteiger partial charge < -0.3 is 5.32 Å². The van der Waals surface area contributed by atoms with Crippen LogP contribution in [0.5, 0.6) is 0 Å². The Kier molecular flexibility index (Phi) is 2.79. The van der Waals surface area contributed by atoms with Crippen LogP contribution in [0.4, 0.5) is 11.4 Å². The van der Waals surface area contributed by atoms with Gasteiger partial charge in [0.25, 0.3) is 0 Å². The molecule has 0 amide bonds. The minimum Gasteiger partial charge on any atom is -0.354 e. The monoisotopic (exact) mass is 246 g/mol. The highest BCUT2D eigenvalue weighted by molar-refractivity contribution is 5.91. The third-order valence-electron chi connectivity index (χ3n) is 2.79. The van der Waals surface area contributed by atoms with E-state index in [9.17, 15) is 0 Å². The van der Waals surface area contributed by atoms with Gasteiger partial charge in [-0.15, -0.1) is 0 Å². The molecule has 1 N–H and O–H groups in total. The standard InChI is InChI=1S/C15H10N4/c16-10-13-9-12(6-8-17-13)19-14-5-1-3-11-4-2-7-18-15(11)14/h1-9H,(H,17,19). The highest BCUT2D eigenvalue weighted by atomic mass is 14.9. The van der Waals surface area contributed by atoms with Crippen LogP contribution in [-0.4, -0.2) is 9.97 Å². The first-order valence-corrected chi connectivity index (χ1v) is 5.84. The Balaban J connectivity index is 2.04. The van der Waals surface area contributed by atoms with E-state index in [1.165, 1.54) is 0 Å². The van der Waals surface area contributed by atoms with E-state index >= 15 is 0 Å². The molecule has 3 aromatic rings. The van der Waals surface area contributed by atoms with Gasteiger partial charge in [-0.2, -0.15) is 5.26 Å². The van der Waals surface area contributed by atoms with Crippen LogP contribution in [0, 0.1) is 11.3 Å². The van der Waals surface area contributed by atoms with Gasteiger partial charge in [0, 0.05) is 23.5 Å². The van der Waals surface area contributed by atoms with E-state index in [-0.39, 0.29) is 0 Å². The molecule has 1 aromatic carbocycles. The Bertz CT molecular complexity index is 769. The van der Waals surface area contributed by atoms with Crippen molar-refractivity contribution in [1.29, 1.82) is 5.26 Å². The van der Waals surface area contributed by atoms with Crippen LogP contribution in [0.1, 0.15) is 5.69 Å². The first-order chi connectivity index (χ1) is 9.36. The van der Waals surface area contributed by atoms with Gasteiger partial charge in [0.05, 0.1) is 11.2 Å². The smallest absolute Gasteiger partial charge is 0.142 e. The molecule has 0 atom stereocenters. The summed E-state index contributed by atoms with van der Waals surface area (Å²) in [4.78, 5) is 8.32. The molecule has 0 aliphatic carbocycles. The number of anilines is 2. The fourth-order valence-electron chi connectivity index (χ4n) is 1.93. The molecule has 4 nitrogen and oxygen atoms in total. The summed E-state index contributed by atoms with van der Waals surface area (Å²) in [5.74, 6) is 0. The van der Waals surface area contributed by atoms with Gasteiger partial charge in [0.1, 0.15) is 11.8 Å². The van der Waals surface area contributed by atoms with Crippen LogP contribution >= 0.6 is 0 Å². The van der Waals surface area contributed by atoms with Gasteiger partial charge in [0.2, 0.25) is 0 Å². The van der Waals surface area contributed by atoms with Crippen molar-refractivity contribution in [3.8, 4) is 6.07 Å². The fraction of sp³-hybridized carbons (Fsp3) is 0. The number of nitrogens with zero attached hydrogens (tertiary/aromatic N) is 3.